The largest absolute Gasteiger partial charge is 0.264 e. The van der Waals surface area contributed by atoms with Crippen molar-refractivity contribution in [2.75, 3.05) is 0 Å². The van der Waals surface area contributed by atoms with Crippen LogP contribution >= 0.6 is 0 Å². The van der Waals surface area contributed by atoms with Gasteiger partial charge in [-0.15, -0.1) is 0 Å². The SMILES string of the molecule is Cc1cnccc1CNS(=O)(=O)Cc1ccc(C#N)cc1. The fourth-order valence-corrected chi connectivity index (χ4v) is 2.94. The summed E-state index contributed by atoms with van der Waals surface area (Å²) < 4.78 is 26.7. The van der Waals surface area contributed by atoms with Crippen LogP contribution in [0.5, 0.6) is 0 Å². The molecular weight excluding hydrogens is 286 g/mol. The normalized spacial score (nSPS) is 11.0. The minimum atomic E-state index is -3.42. The van der Waals surface area contributed by atoms with Crippen LogP contribution in [-0.2, 0) is 22.3 Å². The molecule has 6 heteroatoms. The maximum atomic E-state index is 12.0. The lowest BCUT2D eigenvalue weighted by molar-refractivity contribution is 0.580. The number of nitrogens with zero attached hydrogens (tertiary/aromatic N) is 2. The molecule has 0 fully saturated rings. The molecule has 1 N–H and O–H groups in total. The van der Waals surface area contributed by atoms with Gasteiger partial charge in [0.1, 0.15) is 0 Å². The molecule has 1 heterocycles. The topological polar surface area (TPSA) is 82.8 Å². The summed E-state index contributed by atoms with van der Waals surface area (Å²) in [5, 5.41) is 8.71. The molecule has 2 rings (SSSR count). The third-order valence-corrected chi connectivity index (χ3v) is 4.36. The molecule has 21 heavy (non-hydrogen) atoms. The molecule has 0 amide bonds. The molecule has 0 spiro atoms. The van der Waals surface area contributed by atoms with Crippen molar-refractivity contribution in [2.45, 2.75) is 19.2 Å². The Bertz CT molecular complexity index is 762. The van der Waals surface area contributed by atoms with Crippen molar-refractivity contribution < 1.29 is 8.42 Å². The molecule has 0 unspecified atom stereocenters. The molecule has 1 aromatic carbocycles. The summed E-state index contributed by atoms with van der Waals surface area (Å²) in [7, 11) is -3.42. The predicted molar refractivity (Wildman–Crippen MR) is 79.6 cm³/mol. The number of pyridine rings is 1. The molecular formula is C15H15N3O2S. The Labute approximate surface area is 124 Å². The summed E-state index contributed by atoms with van der Waals surface area (Å²) in [6.45, 7) is 2.13. The molecule has 5 nitrogen and oxygen atoms in total. The number of hydrogen-bond donors (Lipinski definition) is 1. The first-order valence-electron chi connectivity index (χ1n) is 6.36. The van der Waals surface area contributed by atoms with Crippen molar-refractivity contribution >= 4 is 10.0 Å². The summed E-state index contributed by atoms with van der Waals surface area (Å²) in [6, 6.07) is 10.3. The number of sulfonamides is 1. The lowest BCUT2D eigenvalue weighted by atomic mass is 10.2. The Hall–Kier alpha value is -2.23. The van der Waals surface area contributed by atoms with Crippen LogP contribution in [0.25, 0.3) is 0 Å². The Kier molecular flexibility index (Phi) is 4.68. The fraction of sp³-hybridized carbons (Fsp3) is 0.200. The highest BCUT2D eigenvalue weighted by Gasteiger charge is 2.12. The summed E-state index contributed by atoms with van der Waals surface area (Å²) in [6.07, 6.45) is 3.33. The van der Waals surface area contributed by atoms with Gasteiger partial charge in [-0.25, -0.2) is 13.1 Å². The third kappa shape index (κ3) is 4.38. The van der Waals surface area contributed by atoms with Gasteiger partial charge in [0, 0.05) is 18.9 Å². The number of rotatable bonds is 5. The monoisotopic (exact) mass is 301 g/mol. The van der Waals surface area contributed by atoms with E-state index in [-0.39, 0.29) is 12.3 Å². The number of aromatic nitrogens is 1. The van der Waals surface area contributed by atoms with Crippen LogP contribution in [-0.4, -0.2) is 13.4 Å². The molecule has 0 saturated heterocycles. The van der Waals surface area contributed by atoms with E-state index in [0.717, 1.165) is 11.1 Å². The van der Waals surface area contributed by atoms with Gasteiger partial charge < -0.3 is 0 Å². The Morgan fingerprint density at radius 1 is 1.24 bits per heavy atom. The van der Waals surface area contributed by atoms with Gasteiger partial charge in [0.05, 0.1) is 17.4 Å². The van der Waals surface area contributed by atoms with Crippen LogP contribution in [0.4, 0.5) is 0 Å². The van der Waals surface area contributed by atoms with E-state index < -0.39 is 10.0 Å². The quantitative estimate of drug-likeness (QED) is 0.914. The second-order valence-electron chi connectivity index (χ2n) is 4.69. The molecule has 0 atom stereocenters. The van der Waals surface area contributed by atoms with Gasteiger partial charge in [-0.05, 0) is 41.8 Å². The number of nitriles is 1. The molecule has 2 aromatic rings. The van der Waals surface area contributed by atoms with Crippen LogP contribution in [0.15, 0.2) is 42.7 Å². The van der Waals surface area contributed by atoms with Gasteiger partial charge in [0.25, 0.3) is 0 Å². The van der Waals surface area contributed by atoms with Crippen molar-refractivity contribution in [1.29, 1.82) is 5.26 Å². The van der Waals surface area contributed by atoms with E-state index in [1.54, 1.807) is 42.7 Å². The van der Waals surface area contributed by atoms with Crippen LogP contribution in [0.1, 0.15) is 22.3 Å². The van der Waals surface area contributed by atoms with E-state index in [1.165, 1.54) is 0 Å². The molecule has 1 aromatic heterocycles. The van der Waals surface area contributed by atoms with Crippen LogP contribution in [0, 0.1) is 18.3 Å². The summed E-state index contributed by atoms with van der Waals surface area (Å²) in [5.41, 5.74) is 3.00. The van der Waals surface area contributed by atoms with E-state index in [9.17, 15) is 8.42 Å². The van der Waals surface area contributed by atoms with Crippen molar-refractivity contribution in [3.63, 3.8) is 0 Å². The van der Waals surface area contributed by atoms with Gasteiger partial charge in [-0.2, -0.15) is 5.26 Å². The lowest BCUT2D eigenvalue weighted by Gasteiger charge is -2.08. The molecule has 0 radical (unpaired) electrons. The van der Waals surface area contributed by atoms with Crippen LogP contribution in [0.2, 0.25) is 0 Å². The lowest BCUT2D eigenvalue weighted by Crippen LogP contribution is -2.25. The van der Waals surface area contributed by atoms with Crippen molar-refractivity contribution in [3.8, 4) is 6.07 Å². The first-order chi connectivity index (χ1) is 10.00. The Morgan fingerprint density at radius 2 is 1.95 bits per heavy atom. The van der Waals surface area contributed by atoms with E-state index in [2.05, 4.69) is 9.71 Å². The second-order valence-corrected chi connectivity index (χ2v) is 6.50. The zero-order valence-electron chi connectivity index (χ0n) is 11.6. The first-order valence-corrected chi connectivity index (χ1v) is 8.01. The van der Waals surface area contributed by atoms with E-state index in [0.29, 0.717) is 11.1 Å². The van der Waals surface area contributed by atoms with Gasteiger partial charge in [0.2, 0.25) is 10.0 Å². The molecule has 0 aliphatic heterocycles. The van der Waals surface area contributed by atoms with Gasteiger partial charge >= 0.3 is 0 Å². The average Bonchev–Trinajstić information content (AvgIpc) is 2.47. The molecule has 0 aliphatic carbocycles. The third-order valence-electron chi connectivity index (χ3n) is 3.06. The fourth-order valence-electron chi connectivity index (χ4n) is 1.83. The number of nitrogens with one attached hydrogen (secondary N) is 1. The van der Waals surface area contributed by atoms with Crippen molar-refractivity contribution in [3.05, 3.63) is 65.0 Å². The zero-order chi connectivity index (χ0) is 15.3. The predicted octanol–water partition coefficient (Wildman–Crippen LogP) is 1.88. The maximum Gasteiger partial charge on any atom is 0.216 e. The number of hydrogen-bond acceptors (Lipinski definition) is 4. The summed E-state index contributed by atoms with van der Waals surface area (Å²) >= 11 is 0. The average molecular weight is 301 g/mol. The Morgan fingerprint density at radius 3 is 2.57 bits per heavy atom. The van der Waals surface area contributed by atoms with Crippen molar-refractivity contribution in [2.24, 2.45) is 0 Å². The molecule has 108 valence electrons. The minimum Gasteiger partial charge on any atom is -0.264 e. The van der Waals surface area contributed by atoms with E-state index >= 15 is 0 Å². The van der Waals surface area contributed by atoms with E-state index in [1.807, 2.05) is 13.0 Å². The molecule has 0 aliphatic rings. The first kappa shape index (κ1) is 15.2. The summed E-state index contributed by atoms with van der Waals surface area (Å²) in [5.74, 6) is -0.108. The zero-order valence-corrected chi connectivity index (χ0v) is 12.4. The molecule has 0 saturated carbocycles. The highest BCUT2D eigenvalue weighted by Crippen LogP contribution is 2.09. The van der Waals surface area contributed by atoms with Crippen molar-refractivity contribution in [1.82, 2.24) is 9.71 Å². The highest BCUT2D eigenvalue weighted by molar-refractivity contribution is 7.88. The van der Waals surface area contributed by atoms with Gasteiger partial charge in [0.15, 0.2) is 0 Å². The van der Waals surface area contributed by atoms with Gasteiger partial charge in [-0.1, -0.05) is 12.1 Å². The summed E-state index contributed by atoms with van der Waals surface area (Å²) in [4.78, 5) is 3.97. The minimum absolute atomic E-state index is 0.108. The van der Waals surface area contributed by atoms with Crippen LogP contribution < -0.4 is 4.72 Å². The second kappa shape index (κ2) is 6.48. The molecule has 0 bridgehead atoms. The number of benzene rings is 1. The standard InChI is InChI=1S/C15H15N3O2S/c1-12-9-17-7-6-15(12)10-18-21(19,20)11-14-4-2-13(8-16)3-5-14/h2-7,9,18H,10-11H2,1H3. The maximum absolute atomic E-state index is 12.0. The van der Waals surface area contributed by atoms with Gasteiger partial charge in [-0.3, -0.25) is 4.98 Å². The highest BCUT2D eigenvalue weighted by atomic mass is 32.2. The smallest absolute Gasteiger partial charge is 0.216 e. The van der Waals surface area contributed by atoms with Crippen LogP contribution in [0.3, 0.4) is 0 Å². The number of aryl methyl sites for hydroxylation is 1. The van der Waals surface area contributed by atoms with E-state index in [4.69, 9.17) is 5.26 Å². The Balaban J connectivity index is 2.02.